The van der Waals surface area contributed by atoms with E-state index in [0.717, 1.165) is 0 Å². The van der Waals surface area contributed by atoms with Crippen molar-refractivity contribution in [3.8, 4) is 0 Å². The zero-order valence-electron chi connectivity index (χ0n) is 16.5. The molecule has 2 N–H and O–H groups in total. The maximum atomic E-state index is 13.3. The second-order valence-corrected chi connectivity index (χ2v) is 8.50. The zero-order chi connectivity index (χ0) is 21.6. The number of amides is 2. The number of rotatable bonds is 8. The van der Waals surface area contributed by atoms with E-state index in [1.165, 1.54) is 47.4 Å². The number of benzene rings is 2. The summed E-state index contributed by atoms with van der Waals surface area (Å²) in [5.41, 5.74) is 0.944. The zero-order valence-corrected chi connectivity index (χ0v) is 17.3. The van der Waals surface area contributed by atoms with E-state index in [2.05, 4.69) is 10.0 Å². The first-order chi connectivity index (χ1) is 13.6. The Morgan fingerprint density at radius 3 is 2.48 bits per heavy atom. The van der Waals surface area contributed by atoms with Crippen LogP contribution in [0.1, 0.15) is 28.8 Å². The van der Waals surface area contributed by atoms with Crippen LogP contribution in [0.25, 0.3) is 0 Å². The SMILES string of the molecule is Cc1cc(NC(=O)c2cccc(S(=O)(=O)NCCCC(=O)N(C)C)c2)ccc1F. The highest BCUT2D eigenvalue weighted by atomic mass is 32.2. The molecule has 29 heavy (non-hydrogen) atoms. The molecule has 2 amide bonds. The standard InChI is InChI=1S/C20H24FN3O4S/c1-14-12-16(9-10-18(14)21)23-20(26)15-6-4-7-17(13-15)29(27,28)22-11-5-8-19(25)24(2)3/h4,6-7,9-10,12-13,22H,5,8,11H2,1-3H3,(H,23,26). The van der Waals surface area contributed by atoms with Crippen LogP contribution in [-0.2, 0) is 14.8 Å². The third kappa shape index (κ3) is 6.37. The summed E-state index contributed by atoms with van der Waals surface area (Å²) < 4.78 is 40.7. The minimum Gasteiger partial charge on any atom is -0.349 e. The number of nitrogens with one attached hydrogen (secondary N) is 2. The predicted octanol–water partition coefficient (Wildman–Crippen LogP) is 2.53. The first-order valence-corrected chi connectivity index (χ1v) is 10.5. The van der Waals surface area contributed by atoms with Gasteiger partial charge in [-0.25, -0.2) is 17.5 Å². The highest BCUT2D eigenvalue weighted by Crippen LogP contribution is 2.16. The number of sulfonamides is 1. The predicted molar refractivity (Wildman–Crippen MR) is 109 cm³/mol. The van der Waals surface area contributed by atoms with E-state index in [4.69, 9.17) is 0 Å². The monoisotopic (exact) mass is 421 g/mol. The van der Waals surface area contributed by atoms with E-state index in [-0.39, 0.29) is 35.1 Å². The third-order valence-electron chi connectivity index (χ3n) is 4.18. The van der Waals surface area contributed by atoms with Gasteiger partial charge in [0.1, 0.15) is 5.82 Å². The first-order valence-electron chi connectivity index (χ1n) is 8.97. The van der Waals surface area contributed by atoms with E-state index in [9.17, 15) is 22.4 Å². The van der Waals surface area contributed by atoms with Crippen LogP contribution in [0.4, 0.5) is 10.1 Å². The number of aryl methyl sites for hydroxylation is 1. The maximum absolute atomic E-state index is 13.3. The number of hydrogen-bond acceptors (Lipinski definition) is 4. The lowest BCUT2D eigenvalue weighted by molar-refractivity contribution is -0.128. The fourth-order valence-corrected chi connectivity index (χ4v) is 3.60. The van der Waals surface area contributed by atoms with Gasteiger partial charge in [-0.3, -0.25) is 9.59 Å². The van der Waals surface area contributed by atoms with Crippen molar-refractivity contribution in [2.45, 2.75) is 24.7 Å². The van der Waals surface area contributed by atoms with Crippen LogP contribution in [0.5, 0.6) is 0 Å². The average molecular weight is 421 g/mol. The second-order valence-electron chi connectivity index (χ2n) is 6.74. The minimum absolute atomic E-state index is 0.0561. The highest BCUT2D eigenvalue weighted by Gasteiger charge is 2.16. The topological polar surface area (TPSA) is 95.6 Å². The molecule has 0 aliphatic carbocycles. The van der Waals surface area contributed by atoms with Gasteiger partial charge < -0.3 is 10.2 Å². The van der Waals surface area contributed by atoms with Gasteiger partial charge in [-0.2, -0.15) is 0 Å². The first kappa shape index (κ1) is 22.5. The number of carbonyl (C=O) groups is 2. The molecule has 0 saturated heterocycles. The Morgan fingerprint density at radius 2 is 1.83 bits per heavy atom. The Labute approximate surface area is 170 Å². The highest BCUT2D eigenvalue weighted by molar-refractivity contribution is 7.89. The van der Waals surface area contributed by atoms with Crippen molar-refractivity contribution in [1.29, 1.82) is 0 Å². The van der Waals surface area contributed by atoms with E-state index in [1.54, 1.807) is 21.0 Å². The van der Waals surface area contributed by atoms with Crippen LogP contribution < -0.4 is 10.0 Å². The van der Waals surface area contributed by atoms with Crippen molar-refractivity contribution in [2.24, 2.45) is 0 Å². The molecule has 2 rings (SSSR count). The van der Waals surface area contributed by atoms with Gasteiger partial charge in [0.2, 0.25) is 15.9 Å². The summed E-state index contributed by atoms with van der Waals surface area (Å²) in [5.74, 6) is -0.974. The van der Waals surface area contributed by atoms with Gasteiger partial charge >= 0.3 is 0 Å². The van der Waals surface area contributed by atoms with E-state index in [1.807, 2.05) is 0 Å². The molecular formula is C20H24FN3O4S. The van der Waals surface area contributed by atoms with Crippen molar-refractivity contribution in [3.63, 3.8) is 0 Å². The summed E-state index contributed by atoms with van der Waals surface area (Å²) in [7, 11) is -0.554. The van der Waals surface area contributed by atoms with Gasteiger partial charge in [-0.15, -0.1) is 0 Å². The molecule has 0 radical (unpaired) electrons. The fourth-order valence-electron chi connectivity index (χ4n) is 2.48. The van der Waals surface area contributed by atoms with E-state index >= 15 is 0 Å². The molecule has 0 heterocycles. The van der Waals surface area contributed by atoms with Gasteiger partial charge in [0.05, 0.1) is 4.90 Å². The van der Waals surface area contributed by atoms with E-state index < -0.39 is 15.9 Å². The number of nitrogens with zero attached hydrogens (tertiary/aromatic N) is 1. The van der Waals surface area contributed by atoms with Crippen LogP contribution in [-0.4, -0.2) is 45.8 Å². The maximum Gasteiger partial charge on any atom is 0.255 e. The van der Waals surface area contributed by atoms with Gasteiger partial charge in [-0.05, 0) is 55.3 Å². The number of halogens is 1. The lowest BCUT2D eigenvalue weighted by Crippen LogP contribution is -2.27. The number of anilines is 1. The molecule has 0 saturated carbocycles. The van der Waals surface area contributed by atoms with Crippen molar-refractivity contribution >= 4 is 27.5 Å². The summed E-state index contributed by atoms with van der Waals surface area (Å²) >= 11 is 0. The Bertz CT molecular complexity index is 1010. The number of hydrogen-bond donors (Lipinski definition) is 2. The van der Waals surface area contributed by atoms with Crippen LogP contribution in [0, 0.1) is 12.7 Å². The molecule has 0 spiro atoms. The van der Waals surface area contributed by atoms with Gasteiger partial charge in [0.15, 0.2) is 0 Å². The van der Waals surface area contributed by atoms with Crippen molar-refractivity contribution in [2.75, 3.05) is 26.0 Å². The van der Waals surface area contributed by atoms with Gasteiger partial charge in [0, 0.05) is 38.3 Å². The lowest BCUT2D eigenvalue weighted by Gasteiger charge is -2.11. The normalized spacial score (nSPS) is 11.2. The molecule has 0 bridgehead atoms. The summed E-state index contributed by atoms with van der Waals surface area (Å²) in [6, 6.07) is 9.76. The molecule has 9 heteroatoms. The third-order valence-corrected chi connectivity index (χ3v) is 5.64. The molecule has 7 nitrogen and oxygen atoms in total. The summed E-state index contributed by atoms with van der Waals surface area (Å²) in [6.45, 7) is 1.68. The molecule has 156 valence electrons. The molecule has 0 aliphatic heterocycles. The van der Waals surface area contributed by atoms with Gasteiger partial charge in [-0.1, -0.05) is 6.07 Å². The molecule has 0 fully saturated rings. The molecule has 0 aromatic heterocycles. The Balaban J connectivity index is 2.04. The van der Waals surface area contributed by atoms with Crippen LogP contribution in [0.2, 0.25) is 0 Å². The summed E-state index contributed by atoms with van der Waals surface area (Å²) in [5, 5.41) is 2.62. The largest absolute Gasteiger partial charge is 0.349 e. The quantitative estimate of drug-likeness (QED) is 0.641. The number of carbonyl (C=O) groups excluding carboxylic acids is 2. The van der Waals surface area contributed by atoms with Crippen molar-refractivity contribution in [3.05, 3.63) is 59.4 Å². The van der Waals surface area contributed by atoms with E-state index in [0.29, 0.717) is 17.7 Å². The van der Waals surface area contributed by atoms with Crippen LogP contribution in [0.3, 0.4) is 0 Å². The van der Waals surface area contributed by atoms with Gasteiger partial charge in [0.25, 0.3) is 5.91 Å². The summed E-state index contributed by atoms with van der Waals surface area (Å²) in [4.78, 5) is 25.3. The Hall–Kier alpha value is -2.78. The molecule has 2 aromatic carbocycles. The lowest BCUT2D eigenvalue weighted by atomic mass is 10.2. The fraction of sp³-hybridized carbons (Fsp3) is 0.300. The smallest absolute Gasteiger partial charge is 0.255 e. The minimum atomic E-state index is -3.82. The van der Waals surface area contributed by atoms with Crippen molar-refractivity contribution < 1.29 is 22.4 Å². The molecule has 0 unspecified atom stereocenters. The molecule has 2 aromatic rings. The van der Waals surface area contributed by atoms with Crippen LogP contribution >= 0.6 is 0 Å². The van der Waals surface area contributed by atoms with Crippen LogP contribution in [0.15, 0.2) is 47.4 Å². The van der Waals surface area contributed by atoms with Crippen molar-refractivity contribution in [1.82, 2.24) is 9.62 Å². The average Bonchev–Trinajstić information content (AvgIpc) is 2.68. The second kappa shape index (κ2) is 9.62. The molecule has 0 atom stereocenters. The molecular weight excluding hydrogens is 397 g/mol. The Morgan fingerprint density at radius 1 is 1.10 bits per heavy atom. The Kier molecular flexibility index (Phi) is 7.46. The summed E-state index contributed by atoms with van der Waals surface area (Å²) in [6.07, 6.45) is 0.593. The molecule has 0 aliphatic rings.